The van der Waals surface area contributed by atoms with Gasteiger partial charge in [0.05, 0.1) is 17.6 Å². The molecule has 39 heavy (non-hydrogen) atoms. The SMILES string of the molecule is CS(=O)(=O)c1c(C2C[C@H]3CC[C@@H](C2)N3C(N)=NC#N)nc2c(-c3ccc(-c4ccccc4)nc3)cnn2c1N. The van der Waals surface area contributed by atoms with Crippen molar-refractivity contribution in [3.05, 3.63) is 60.6 Å². The van der Waals surface area contributed by atoms with Crippen molar-refractivity contribution in [3.8, 4) is 28.6 Å². The first-order valence-electron chi connectivity index (χ1n) is 12.7. The Bertz CT molecular complexity index is 1730. The summed E-state index contributed by atoms with van der Waals surface area (Å²) in [5.41, 5.74) is 16.8. The lowest BCUT2D eigenvalue weighted by molar-refractivity contribution is 0.209. The van der Waals surface area contributed by atoms with Crippen molar-refractivity contribution >= 4 is 27.3 Å². The van der Waals surface area contributed by atoms with Crippen LogP contribution >= 0.6 is 0 Å². The Morgan fingerprint density at radius 2 is 1.79 bits per heavy atom. The van der Waals surface area contributed by atoms with Crippen LogP contribution in [0.4, 0.5) is 5.82 Å². The summed E-state index contributed by atoms with van der Waals surface area (Å²) in [6.45, 7) is 0. The molecular formula is C27H27N9O2S. The van der Waals surface area contributed by atoms with Gasteiger partial charge in [-0.05, 0) is 31.7 Å². The molecule has 4 aromatic rings. The summed E-state index contributed by atoms with van der Waals surface area (Å²) in [5.74, 6) is 0.0872. The van der Waals surface area contributed by atoms with E-state index >= 15 is 0 Å². The minimum absolute atomic E-state index is 0.0127. The fraction of sp³-hybridized carbons (Fsp3) is 0.296. The largest absolute Gasteiger partial charge is 0.382 e. The zero-order chi connectivity index (χ0) is 27.3. The molecule has 5 heterocycles. The van der Waals surface area contributed by atoms with Crippen LogP contribution in [-0.4, -0.2) is 57.2 Å². The van der Waals surface area contributed by atoms with E-state index < -0.39 is 9.84 Å². The quantitative estimate of drug-likeness (QED) is 0.224. The second kappa shape index (κ2) is 9.36. The van der Waals surface area contributed by atoms with Gasteiger partial charge in [0.1, 0.15) is 10.7 Å². The molecule has 0 saturated carbocycles. The predicted molar refractivity (Wildman–Crippen MR) is 147 cm³/mol. The number of nitriles is 1. The number of hydrogen-bond acceptors (Lipinski definition) is 8. The van der Waals surface area contributed by atoms with Crippen LogP contribution < -0.4 is 11.5 Å². The Kier molecular flexibility index (Phi) is 5.95. The Hall–Kier alpha value is -4.50. The predicted octanol–water partition coefficient (Wildman–Crippen LogP) is 2.95. The highest BCUT2D eigenvalue weighted by Gasteiger charge is 2.44. The van der Waals surface area contributed by atoms with Crippen LogP contribution in [0.1, 0.15) is 37.3 Å². The third kappa shape index (κ3) is 4.24. The number of nitrogens with two attached hydrogens (primary N) is 2. The number of pyridine rings is 1. The summed E-state index contributed by atoms with van der Waals surface area (Å²) in [7, 11) is -3.72. The summed E-state index contributed by atoms with van der Waals surface area (Å²) in [6, 6.07) is 13.8. The van der Waals surface area contributed by atoms with Gasteiger partial charge in [-0.1, -0.05) is 36.4 Å². The zero-order valence-corrected chi connectivity index (χ0v) is 22.1. The molecule has 2 aliphatic heterocycles. The van der Waals surface area contributed by atoms with Crippen molar-refractivity contribution in [2.24, 2.45) is 10.7 Å². The Morgan fingerprint density at radius 3 is 2.41 bits per heavy atom. The number of rotatable bonds is 4. The summed E-state index contributed by atoms with van der Waals surface area (Å²) < 4.78 is 27.4. The molecular weight excluding hydrogens is 514 g/mol. The molecule has 1 aromatic carbocycles. The highest BCUT2D eigenvalue weighted by molar-refractivity contribution is 7.91. The molecule has 198 valence electrons. The van der Waals surface area contributed by atoms with Crippen LogP contribution in [0.15, 0.2) is 64.7 Å². The highest BCUT2D eigenvalue weighted by atomic mass is 32.2. The maximum absolute atomic E-state index is 13.0. The van der Waals surface area contributed by atoms with Crippen molar-refractivity contribution in [3.63, 3.8) is 0 Å². The first kappa shape index (κ1) is 24.8. The lowest BCUT2D eigenvalue weighted by Crippen LogP contribution is -2.49. The summed E-state index contributed by atoms with van der Waals surface area (Å²) in [5, 5.41) is 13.4. The number of nitrogen functional groups attached to an aromatic ring is 1. The molecule has 1 unspecified atom stereocenters. The first-order chi connectivity index (χ1) is 18.8. The third-order valence-electron chi connectivity index (χ3n) is 7.73. The fourth-order valence-corrected chi connectivity index (χ4v) is 7.15. The zero-order valence-electron chi connectivity index (χ0n) is 21.3. The summed E-state index contributed by atoms with van der Waals surface area (Å²) >= 11 is 0. The van der Waals surface area contributed by atoms with Crippen molar-refractivity contribution < 1.29 is 8.42 Å². The number of nitrogens with zero attached hydrogens (tertiary/aromatic N) is 7. The lowest BCUT2D eigenvalue weighted by Gasteiger charge is -2.39. The van der Waals surface area contributed by atoms with E-state index in [0.29, 0.717) is 29.7 Å². The molecule has 2 fully saturated rings. The molecule has 0 aliphatic carbocycles. The van der Waals surface area contributed by atoms with E-state index in [1.54, 1.807) is 18.6 Å². The Balaban J connectivity index is 1.43. The smallest absolute Gasteiger partial charge is 0.209 e. The van der Waals surface area contributed by atoms with E-state index in [0.717, 1.165) is 35.9 Å². The number of aromatic nitrogens is 4. The Morgan fingerprint density at radius 1 is 1.08 bits per heavy atom. The molecule has 2 bridgehead atoms. The normalized spacial score (nSPS) is 21.3. The maximum atomic E-state index is 13.0. The number of piperidine rings is 1. The average Bonchev–Trinajstić information content (AvgIpc) is 3.47. The molecule has 12 heteroatoms. The van der Waals surface area contributed by atoms with Gasteiger partial charge < -0.3 is 16.4 Å². The van der Waals surface area contributed by atoms with Crippen LogP contribution in [-0.2, 0) is 9.84 Å². The Labute approximate surface area is 225 Å². The highest BCUT2D eigenvalue weighted by Crippen LogP contribution is 2.45. The van der Waals surface area contributed by atoms with E-state index in [4.69, 9.17) is 21.7 Å². The van der Waals surface area contributed by atoms with Crippen molar-refractivity contribution in [1.82, 2.24) is 24.5 Å². The van der Waals surface area contributed by atoms with E-state index in [1.165, 1.54) is 4.52 Å². The monoisotopic (exact) mass is 541 g/mol. The summed E-state index contributed by atoms with van der Waals surface area (Å²) in [6.07, 6.45) is 9.32. The number of hydrogen-bond donors (Lipinski definition) is 2. The fourth-order valence-electron chi connectivity index (χ4n) is 6.09. The van der Waals surface area contributed by atoms with Gasteiger partial charge in [-0.3, -0.25) is 4.98 Å². The van der Waals surface area contributed by atoms with Crippen LogP contribution in [0.3, 0.4) is 0 Å². The molecule has 3 atom stereocenters. The van der Waals surface area contributed by atoms with E-state index in [1.807, 2.05) is 47.4 Å². The maximum Gasteiger partial charge on any atom is 0.209 e. The van der Waals surface area contributed by atoms with Crippen LogP contribution in [0.5, 0.6) is 0 Å². The molecule has 0 amide bonds. The van der Waals surface area contributed by atoms with Gasteiger partial charge in [-0.15, -0.1) is 4.99 Å². The molecule has 0 radical (unpaired) electrons. The van der Waals surface area contributed by atoms with Crippen LogP contribution in [0.25, 0.3) is 28.0 Å². The minimum Gasteiger partial charge on any atom is -0.382 e. The van der Waals surface area contributed by atoms with Gasteiger partial charge in [-0.2, -0.15) is 14.9 Å². The van der Waals surface area contributed by atoms with Gasteiger partial charge in [0, 0.05) is 47.1 Å². The van der Waals surface area contributed by atoms with Gasteiger partial charge >= 0.3 is 0 Å². The topological polar surface area (TPSA) is 169 Å². The van der Waals surface area contributed by atoms with Crippen molar-refractivity contribution in [1.29, 1.82) is 5.26 Å². The van der Waals surface area contributed by atoms with E-state index in [-0.39, 0.29) is 34.7 Å². The number of aliphatic imine (C=N–C) groups is 1. The van der Waals surface area contributed by atoms with Gasteiger partial charge in [0.25, 0.3) is 0 Å². The third-order valence-corrected chi connectivity index (χ3v) is 8.89. The summed E-state index contributed by atoms with van der Waals surface area (Å²) in [4.78, 5) is 15.3. The molecule has 0 spiro atoms. The average molecular weight is 542 g/mol. The lowest BCUT2D eigenvalue weighted by atomic mass is 9.88. The molecule has 2 aliphatic rings. The number of guanidine groups is 1. The second-order valence-corrected chi connectivity index (χ2v) is 12.1. The van der Waals surface area contributed by atoms with Crippen LogP contribution in [0, 0.1) is 11.5 Å². The molecule has 2 saturated heterocycles. The van der Waals surface area contributed by atoms with Gasteiger partial charge in [0.2, 0.25) is 12.2 Å². The van der Waals surface area contributed by atoms with Crippen molar-refractivity contribution in [2.45, 2.75) is 48.6 Å². The molecule has 4 N–H and O–H groups in total. The minimum atomic E-state index is -3.72. The number of benzene rings is 1. The molecule has 11 nitrogen and oxygen atoms in total. The molecule has 6 rings (SSSR count). The standard InChI is InChI=1S/C27H27N9O2S/c1-39(37,38)24-23(18-11-19-8-9-20(12-18)35(19)27(30)32-15-28)34-26-21(14-33-36(26)25(24)29)17-7-10-22(31-13-17)16-5-3-2-4-6-16/h2-7,10,13-14,18-20H,8-9,11-12,29H2,1H3,(H2,30,32)/t18?,19-,20+. The van der Waals surface area contributed by atoms with Gasteiger partial charge in [0.15, 0.2) is 15.5 Å². The van der Waals surface area contributed by atoms with Crippen LogP contribution in [0.2, 0.25) is 0 Å². The number of anilines is 1. The second-order valence-electron chi connectivity index (χ2n) is 10.1. The van der Waals surface area contributed by atoms with Crippen molar-refractivity contribution in [2.75, 3.05) is 12.0 Å². The van der Waals surface area contributed by atoms with E-state index in [9.17, 15) is 8.42 Å². The van der Waals surface area contributed by atoms with Gasteiger partial charge in [-0.25, -0.2) is 13.4 Å². The molecule has 3 aromatic heterocycles. The van der Waals surface area contributed by atoms with E-state index in [2.05, 4.69) is 15.1 Å². The first-order valence-corrected chi connectivity index (χ1v) is 14.5. The number of sulfone groups is 1. The number of fused-ring (bicyclic) bond motifs is 3.